The van der Waals surface area contributed by atoms with Gasteiger partial charge in [0.2, 0.25) is 0 Å². The predicted molar refractivity (Wildman–Crippen MR) is 434 cm³/mol. The maximum absolute atomic E-state index is 9.91. The molecule has 0 bridgehead atoms. The molecule has 0 atom stereocenters. The van der Waals surface area contributed by atoms with Crippen LogP contribution in [0, 0.1) is 0 Å². The summed E-state index contributed by atoms with van der Waals surface area (Å²) >= 11 is 0. The van der Waals surface area contributed by atoms with E-state index in [9.17, 15) is 13.7 Å². The van der Waals surface area contributed by atoms with Gasteiger partial charge in [0.25, 0.3) is 6.71 Å². The zero-order chi connectivity index (χ0) is 80.4. The molecular weight excluding hydrogens is 1240 g/mol. The van der Waals surface area contributed by atoms with Crippen LogP contribution in [0.4, 0.5) is 34.1 Å². The Morgan fingerprint density at radius 3 is 1.39 bits per heavy atom. The Bertz CT molecular complexity index is 6850. The fourth-order valence-electron chi connectivity index (χ4n) is 16.0. The van der Waals surface area contributed by atoms with E-state index >= 15 is 0 Å². The van der Waals surface area contributed by atoms with Crippen molar-refractivity contribution in [1.29, 1.82) is 0 Å². The van der Waals surface area contributed by atoms with E-state index in [1.54, 1.807) is 4.57 Å². The minimum Gasteiger partial charge on any atom is -0.456 e. The van der Waals surface area contributed by atoms with Crippen molar-refractivity contribution in [2.75, 3.05) is 9.80 Å². The average molecular weight is 1330 g/mol. The molecule has 0 N–H and O–H groups in total. The molecule has 0 saturated heterocycles. The standard InChI is InChI=1S/C96H77BN4O/c1-94(2,3)66-43-48-82-76(53-66)77-54-67(95(4,5)6)44-49-83(77)99(82)70-58-87-92-88(59-70)101(93-74(62-32-18-12-19-33-62)55-68(96(7,8)9)56-75(93)63-34-20-13-21-35-63)85-57-69(98-80-39-25-22-36-71(80)72-37-23-26-40-81(72)98)45-47-79(85)97(92)78-46-42-64(60-28-14-10-15-29-60)50-84(78)100(87)86-51-65(61-30-16-11-17-31-61)52-90-91(86)73-38-24-27-41-89(73)102-90/h10-59H,1-9H3/i10D,14D,15D,22D,23D,25D,26D,28D,29D,36D,37D,39D,40D. The number of benzene rings is 14. The molecule has 2 aliphatic heterocycles. The van der Waals surface area contributed by atoms with Crippen molar-refractivity contribution in [3.05, 3.63) is 320 Å². The minimum absolute atomic E-state index is 0.0167. The molecule has 17 aromatic rings. The van der Waals surface area contributed by atoms with E-state index in [2.05, 4.69) is 192 Å². The Morgan fingerprint density at radius 1 is 0.314 bits per heavy atom. The van der Waals surface area contributed by atoms with Gasteiger partial charge in [-0.05, 0) is 180 Å². The van der Waals surface area contributed by atoms with E-state index in [1.165, 1.54) is 0 Å². The largest absolute Gasteiger partial charge is 0.456 e. The molecule has 0 amide bonds. The number of anilines is 6. The molecule has 0 aliphatic carbocycles. The van der Waals surface area contributed by atoms with Crippen molar-refractivity contribution in [1.82, 2.24) is 9.13 Å². The quantitative estimate of drug-likeness (QED) is 0.142. The molecule has 0 spiro atoms. The van der Waals surface area contributed by atoms with Gasteiger partial charge in [0, 0.05) is 66.5 Å². The second-order valence-corrected chi connectivity index (χ2v) is 30.3. The molecule has 0 fully saturated rings. The van der Waals surface area contributed by atoms with Gasteiger partial charge >= 0.3 is 0 Å². The highest BCUT2D eigenvalue weighted by Crippen LogP contribution is 2.55. The van der Waals surface area contributed by atoms with E-state index in [0.29, 0.717) is 33.8 Å². The predicted octanol–water partition coefficient (Wildman–Crippen LogP) is 24.4. The topological polar surface area (TPSA) is 29.5 Å². The number of rotatable bonds is 8. The first-order valence-electron chi connectivity index (χ1n) is 41.4. The van der Waals surface area contributed by atoms with Gasteiger partial charge in [-0.2, -0.15) is 0 Å². The lowest BCUT2D eigenvalue weighted by atomic mass is 9.33. The van der Waals surface area contributed by atoms with E-state index in [-0.39, 0.29) is 50.3 Å². The van der Waals surface area contributed by atoms with Gasteiger partial charge in [-0.1, -0.05) is 268 Å². The van der Waals surface area contributed by atoms with Gasteiger partial charge < -0.3 is 23.4 Å². The van der Waals surface area contributed by atoms with Gasteiger partial charge in [0.1, 0.15) is 11.2 Å². The van der Waals surface area contributed by atoms with E-state index in [4.69, 9.17) is 8.53 Å². The average Bonchev–Trinajstić information content (AvgIpc) is 1.19. The third kappa shape index (κ3) is 9.67. The molecular formula is C96H77BN4O. The van der Waals surface area contributed by atoms with Crippen molar-refractivity contribution in [3.8, 4) is 55.9 Å². The summed E-state index contributed by atoms with van der Waals surface area (Å²) in [6.45, 7) is 19.3. The summed E-state index contributed by atoms with van der Waals surface area (Å²) in [5.41, 5.74) is 19.0. The summed E-state index contributed by atoms with van der Waals surface area (Å²) < 4.78 is 134. The van der Waals surface area contributed by atoms with Crippen LogP contribution in [0.15, 0.2) is 307 Å². The number of aromatic nitrogens is 2. The van der Waals surface area contributed by atoms with Crippen LogP contribution in [0.25, 0.3) is 121 Å². The summed E-state index contributed by atoms with van der Waals surface area (Å²) in [6.07, 6.45) is 0. The van der Waals surface area contributed by atoms with Gasteiger partial charge in [0.05, 0.1) is 62.3 Å². The first kappa shape index (κ1) is 48.8. The monoisotopic (exact) mass is 1330 g/mol. The smallest absolute Gasteiger partial charge is 0.252 e. The SMILES string of the molecule is [2H]c1c([2H])c([2H])c(-c2ccc3c(c2)N(c2cc(-c4ccccc4)cc4oc5ccccc5c24)c2cc(-n4c5ccc(C(C)(C)C)cc5c5cc(C(C)(C)C)ccc54)cc4c2B3c2ccc(-n3c5c([2H])c([2H])c([2H])c([2H])c5c5c([2H])c([2H])c([2H])c([2H])c53)cc2N4c2c(-c3ccccc3)cc(C(C)(C)C)cc2-c2ccccc2)c([2H])c1[2H]. The molecule has 19 rings (SSSR count). The summed E-state index contributed by atoms with van der Waals surface area (Å²) in [5.74, 6) is 0. The number of nitrogens with zero attached hydrogens (tertiary/aromatic N) is 4. The lowest BCUT2D eigenvalue weighted by Gasteiger charge is -2.45. The fraction of sp³-hybridized carbons (Fsp3) is 0.125. The second kappa shape index (κ2) is 22.8. The maximum atomic E-state index is 9.91. The maximum Gasteiger partial charge on any atom is 0.252 e. The minimum atomic E-state index is -0.739. The number of fused-ring (bicyclic) bond motifs is 13. The van der Waals surface area contributed by atoms with Gasteiger partial charge in [0.15, 0.2) is 0 Å². The molecule has 6 heteroatoms. The molecule has 0 unspecified atom stereocenters. The first-order chi connectivity index (χ1) is 54.9. The highest BCUT2D eigenvalue weighted by Gasteiger charge is 2.46. The number of furan rings is 1. The highest BCUT2D eigenvalue weighted by molar-refractivity contribution is 7.00. The number of hydrogen-bond acceptors (Lipinski definition) is 3. The van der Waals surface area contributed by atoms with E-state index in [0.717, 1.165) is 127 Å². The van der Waals surface area contributed by atoms with Crippen LogP contribution in [-0.4, -0.2) is 15.8 Å². The molecule has 2 aliphatic rings. The summed E-state index contributed by atoms with van der Waals surface area (Å²) in [5, 5.41) is 3.63. The molecule has 0 radical (unpaired) electrons. The Hall–Kier alpha value is -11.9. The van der Waals surface area contributed by atoms with Crippen LogP contribution < -0.4 is 26.2 Å². The van der Waals surface area contributed by atoms with Crippen LogP contribution in [0.2, 0.25) is 0 Å². The van der Waals surface area contributed by atoms with Crippen LogP contribution >= 0.6 is 0 Å². The van der Waals surface area contributed by atoms with Crippen LogP contribution in [0.1, 0.15) is 96.8 Å². The molecule has 0 saturated carbocycles. The van der Waals surface area contributed by atoms with Crippen molar-refractivity contribution < 1.29 is 22.2 Å². The van der Waals surface area contributed by atoms with Crippen molar-refractivity contribution in [3.63, 3.8) is 0 Å². The van der Waals surface area contributed by atoms with Gasteiger partial charge in [-0.3, -0.25) is 0 Å². The van der Waals surface area contributed by atoms with Gasteiger partial charge in [-0.25, -0.2) is 0 Å². The highest BCUT2D eigenvalue weighted by atomic mass is 16.3. The van der Waals surface area contributed by atoms with E-state index < -0.39 is 78.6 Å². The lowest BCUT2D eigenvalue weighted by Crippen LogP contribution is -2.61. The Labute approximate surface area is 615 Å². The van der Waals surface area contributed by atoms with Crippen molar-refractivity contribution >= 4 is 123 Å². The van der Waals surface area contributed by atoms with Crippen LogP contribution in [0.3, 0.4) is 0 Å². The molecule has 5 nitrogen and oxygen atoms in total. The Morgan fingerprint density at radius 2 is 0.804 bits per heavy atom. The Balaban J connectivity index is 1.06. The summed E-state index contributed by atoms with van der Waals surface area (Å²) in [4.78, 5) is 4.67. The third-order valence-electron chi connectivity index (χ3n) is 21.0. The van der Waals surface area contributed by atoms with Crippen LogP contribution in [0.5, 0.6) is 0 Å². The zero-order valence-electron chi connectivity index (χ0n) is 71.1. The van der Waals surface area contributed by atoms with Crippen LogP contribution in [-0.2, 0) is 16.2 Å². The van der Waals surface area contributed by atoms with Crippen molar-refractivity contribution in [2.24, 2.45) is 0 Å². The zero-order valence-corrected chi connectivity index (χ0v) is 58.1. The Kier molecular flexibility index (Phi) is 10.9. The lowest BCUT2D eigenvalue weighted by molar-refractivity contribution is 0.590. The molecule has 14 aromatic carbocycles. The third-order valence-corrected chi connectivity index (χ3v) is 21.0. The molecule has 490 valence electrons. The summed E-state index contributed by atoms with van der Waals surface area (Å²) in [7, 11) is 0. The first-order valence-corrected chi connectivity index (χ1v) is 34.9. The van der Waals surface area contributed by atoms with E-state index in [1.807, 2.05) is 109 Å². The number of para-hydroxylation sites is 3. The normalized spacial score (nSPS) is 14.9. The fourth-order valence-corrected chi connectivity index (χ4v) is 16.0. The number of hydrogen-bond donors (Lipinski definition) is 0. The molecule has 102 heavy (non-hydrogen) atoms. The molecule has 3 aromatic heterocycles. The second-order valence-electron chi connectivity index (χ2n) is 30.3. The summed E-state index contributed by atoms with van der Waals surface area (Å²) in [6, 6.07) is 71.7. The van der Waals surface area contributed by atoms with Crippen molar-refractivity contribution in [2.45, 2.75) is 78.6 Å². The molecule has 5 heterocycles. The van der Waals surface area contributed by atoms with Gasteiger partial charge in [-0.15, -0.1) is 0 Å².